The van der Waals surface area contributed by atoms with E-state index in [4.69, 9.17) is 20.8 Å². The predicted molar refractivity (Wildman–Crippen MR) is 167 cm³/mol. The van der Waals surface area contributed by atoms with E-state index >= 15 is 0 Å². The van der Waals surface area contributed by atoms with Gasteiger partial charge in [-0.3, -0.25) is 14.5 Å². The number of benzene rings is 1. The third kappa shape index (κ3) is 8.18. The highest BCUT2D eigenvalue weighted by Crippen LogP contribution is 2.32. The molecular formula is C30H38ClN3O5SSi. The van der Waals surface area contributed by atoms with Crippen molar-refractivity contribution in [2.45, 2.75) is 51.5 Å². The second kappa shape index (κ2) is 13.5. The summed E-state index contributed by atoms with van der Waals surface area (Å²) in [6, 6.07) is 11.7. The fourth-order valence-corrected chi connectivity index (χ4v) is 6.77. The third-order valence-electron chi connectivity index (χ3n) is 6.81. The van der Waals surface area contributed by atoms with E-state index in [1.165, 1.54) is 11.3 Å². The normalized spacial score (nSPS) is 12.8. The van der Waals surface area contributed by atoms with E-state index in [2.05, 4.69) is 25.0 Å². The number of thiophene rings is 1. The van der Waals surface area contributed by atoms with Crippen LogP contribution in [0, 0.1) is 0 Å². The van der Waals surface area contributed by atoms with E-state index in [0.717, 1.165) is 27.6 Å². The number of furan rings is 1. The lowest BCUT2D eigenvalue weighted by molar-refractivity contribution is 0.0949. The Hall–Kier alpha value is -2.73. The van der Waals surface area contributed by atoms with Crippen LogP contribution in [0.4, 0.5) is 0 Å². The summed E-state index contributed by atoms with van der Waals surface area (Å²) in [5.74, 6) is 0.0783. The molecule has 3 aromatic heterocycles. The van der Waals surface area contributed by atoms with Crippen molar-refractivity contribution in [1.82, 2.24) is 14.8 Å². The summed E-state index contributed by atoms with van der Waals surface area (Å²) in [6.07, 6.45) is 2.37. The Labute approximate surface area is 250 Å². The molecule has 1 aromatic carbocycles. The Morgan fingerprint density at radius 1 is 1.24 bits per heavy atom. The number of aryl methyl sites for hydroxylation is 1. The first-order valence-electron chi connectivity index (χ1n) is 13.6. The molecule has 0 radical (unpaired) electrons. The van der Waals surface area contributed by atoms with E-state index in [0.29, 0.717) is 41.8 Å². The number of amides is 1. The van der Waals surface area contributed by atoms with Crippen molar-refractivity contribution in [2.75, 3.05) is 20.2 Å². The molecular weight excluding hydrogens is 578 g/mol. The van der Waals surface area contributed by atoms with Crippen molar-refractivity contribution in [1.29, 1.82) is 0 Å². The van der Waals surface area contributed by atoms with Crippen molar-refractivity contribution >= 4 is 47.1 Å². The van der Waals surface area contributed by atoms with Crippen LogP contribution in [0.3, 0.4) is 0 Å². The number of nitrogens with zero attached hydrogens (tertiary/aromatic N) is 2. The number of aliphatic hydroxyl groups is 1. The van der Waals surface area contributed by atoms with Crippen LogP contribution in [0.1, 0.15) is 38.2 Å². The first-order chi connectivity index (χ1) is 19.4. The van der Waals surface area contributed by atoms with Crippen molar-refractivity contribution in [2.24, 2.45) is 7.05 Å². The van der Waals surface area contributed by atoms with Crippen LogP contribution in [-0.4, -0.2) is 48.8 Å². The molecule has 0 saturated heterocycles. The number of rotatable bonds is 13. The van der Waals surface area contributed by atoms with Crippen LogP contribution in [0.25, 0.3) is 10.2 Å². The lowest BCUT2D eigenvalue weighted by atomic mass is 10.1. The van der Waals surface area contributed by atoms with Gasteiger partial charge in [0.25, 0.3) is 5.91 Å². The maximum atomic E-state index is 13.6. The molecule has 0 unspecified atom stereocenters. The molecule has 11 heteroatoms. The molecule has 41 heavy (non-hydrogen) atoms. The molecule has 0 saturated carbocycles. The summed E-state index contributed by atoms with van der Waals surface area (Å²) in [6.45, 7) is 9.08. The average Bonchev–Trinajstić information content (AvgIpc) is 3.57. The van der Waals surface area contributed by atoms with Crippen LogP contribution >= 0.6 is 22.9 Å². The summed E-state index contributed by atoms with van der Waals surface area (Å²) < 4.78 is 13.9. The van der Waals surface area contributed by atoms with Crippen LogP contribution in [0.15, 0.2) is 58.1 Å². The molecule has 0 fully saturated rings. The quantitative estimate of drug-likeness (QED) is 0.146. The molecule has 0 aliphatic carbocycles. The molecule has 4 aromatic rings. The summed E-state index contributed by atoms with van der Waals surface area (Å²) in [7, 11) is 2.50. The summed E-state index contributed by atoms with van der Waals surface area (Å²) in [4.78, 5) is 29.7. The van der Waals surface area contributed by atoms with Crippen molar-refractivity contribution in [3.8, 4) is 0 Å². The number of aromatic nitrogens is 1. The largest absolute Gasteiger partial charge is 0.467 e. The maximum Gasteiger partial charge on any atom is 0.257 e. The first-order valence-corrected chi connectivity index (χ1v) is 18.5. The zero-order valence-corrected chi connectivity index (χ0v) is 26.8. The van der Waals surface area contributed by atoms with Crippen molar-refractivity contribution in [3.63, 3.8) is 0 Å². The zero-order valence-electron chi connectivity index (χ0n) is 24.2. The molecule has 220 valence electrons. The van der Waals surface area contributed by atoms with Gasteiger partial charge in [-0.05, 0) is 42.9 Å². The molecule has 1 amide bonds. The highest BCUT2D eigenvalue weighted by Gasteiger charge is 2.23. The highest BCUT2D eigenvalue weighted by atomic mass is 35.5. The van der Waals surface area contributed by atoms with E-state index < -0.39 is 20.1 Å². The minimum absolute atomic E-state index is 0.0922. The summed E-state index contributed by atoms with van der Waals surface area (Å²) in [5.41, 5.74) is 2.39. The second-order valence-electron chi connectivity index (χ2n) is 11.6. The number of carbonyl (C=O) groups excluding carboxylic acids is 1. The lowest BCUT2D eigenvalue weighted by Crippen LogP contribution is -2.29. The number of aliphatic hydroxyl groups excluding tert-OH is 1. The molecule has 0 aliphatic rings. The number of pyridine rings is 1. The van der Waals surface area contributed by atoms with Gasteiger partial charge in [0, 0.05) is 63.0 Å². The lowest BCUT2D eigenvalue weighted by Gasteiger charge is -2.20. The maximum absolute atomic E-state index is 13.6. The average molecular weight is 616 g/mol. The molecule has 1 atom stereocenters. The molecule has 0 bridgehead atoms. The molecule has 0 spiro atoms. The molecule has 8 nitrogen and oxygen atoms in total. The SMILES string of the molecule is CN(Cc1sc2c(=O)c(C(=O)NCc3ccc(Cl)cc3)cn(C)c2c1COCC[Si](C)(C)C)C[C@@H](O)c1ccco1. The minimum Gasteiger partial charge on any atom is -0.467 e. The second-order valence-corrected chi connectivity index (χ2v) is 18.7. The van der Waals surface area contributed by atoms with Gasteiger partial charge in [0.15, 0.2) is 0 Å². The predicted octanol–water partition coefficient (Wildman–Crippen LogP) is 5.80. The van der Waals surface area contributed by atoms with Crippen LogP contribution in [-0.2, 0) is 31.5 Å². The van der Waals surface area contributed by atoms with Gasteiger partial charge in [-0.1, -0.05) is 43.4 Å². The van der Waals surface area contributed by atoms with Gasteiger partial charge in [-0.15, -0.1) is 11.3 Å². The summed E-state index contributed by atoms with van der Waals surface area (Å²) >= 11 is 7.34. The number of hydrogen-bond donors (Lipinski definition) is 2. The molecule has 3 heterocycles. The van der Waals surface area contributed by atoms with Gasteiger partial charge >= 0.3 is 0 Å². The Balaban J connectivity index is 1.61. The van der Waals surface area contributed by atoms with Gasteiger partial charge in [0.1, 0.15) is 17.4 Å². The van der Waals surface area contributed by atoms with Gasteiger partial charge in [-0.25, -0.2) is 0 Å². The fraction of sp³-hybridized carbons (Fsp3) is 0.400. The number of likely N-dealkylation sites (N-methyl/N-ethyl adjacent to an activating group) is 1. The van der Waals surface area contributed by atoms with E-state index in [9.17, 15) is 14.7 Å². The van der Waals surface area contributed by atoms with Gasteiger partial charge in [-0.2, -0.15) is 0 Å². The van der Waals surface area contributed by atoms with Crippen LogP contribution in [0.2, 0.25) is 30.7 Å². The standard InChI is InChI=1S/C30H38ClN3O5SSi/c1-33(17-24(35)25-7-6-12-39-25)18-26-23(19-38-13-14-41(3,4)5)27-29(40-26)28(36)22(16-34(27)2)30(37)32-15-20-8-10-21(31)11-9-20/h6-12,16,24,35H,13-15,17-19H2,1-5H3,(H,32,37)/t24-/m1/s1. The smallest absolute Gasteiger partial charge is 0.257 e. The van der Waals surface area contributed by atoms with Crippen molar-refractivity contribution in [3.05, 3.63) is 91.4 Å². The Morgan fingerprint density at radius 2 is 1.98 bits per heavy atom. The monoisotopic (exact) mass is 615 g/mol. The Bertz CT molecular complexity index is 1530. The van der Waals surface area contributed by atoms with E-state index in [1.54, 1.807) is 36.7 Å². The van der Waals surface area contributed by atoms with Gasteiger partial charge in [0.05, 0.1) is 23.1 Å². The molecule has 2 N–H and O–H groups in total. The number of nitrogens with one attached hydrogen (secondary N) is 1. The molecule has 4 rings (SSSR count). The Kier molecular flexibility index (Phi) is 10.3. The Morgan fingerprint density at radius 3 is 2.63 bits per heavy atom. The zero-order chi connectivity index (χ0) is 29.7. The number of ether oxygens (including phenoxy) is 1. The first kappa shape index (κ1) is 31.2. The third-order valence-corrected chi connectivity index (χ3v) is 9.97. The van der Waals surface area contributed by atoms with Crippen molar-refractivity contribution < 1.29 is 19.1 Å². The van der Waals surface area contributed by atoms with E-state index in [1.807, 2.05) is 35.7 Å². The molecule has 0 aliphatic heterocycles. The van der Waals surface area contributed by atoms with Gasteiger partial charge in [0.2, 0.25) is 5.43 Å². The number of fused-ring (bicyclic) bond motifs is 1. The van der Waals surface area contributed by atoms with Gasteiger partial charge < -0.3 is 24.1 Å². The minimum atomic E-state index is -1.27. The van der Waals surface area contributed by atoms with Crippen LogP contribution in [0.5, 0.6) is 0 Å². The highest BCUT2D eigenvalue weighted by molar-refractivity contribution is 7.19. The van der Waals surface area contributed by atoms with Crippen LogP contribution < -0.4 is 10.7 Å². The topological polar surface area (TPSA) is 96.9 Å². The van der Waals surface area contributed by atoms with E-state index in [-0.39, 0.29) is 17.5 Å². The number of hydrogen-bond acceptors (Lipinski definition) is 7. The number of carbonyl (C=O) groups is 1. The summed E-state index contributed by atoms with van der Waals surface area (Å²) in [5, 5.41) is 14.1. The fourth-order valence-electron chi connectivity index (χ4n) is 4.51. The number of halogens is 1.